The van der Waals surface area contributed by atoms with E-state index in [9.17, 15) is 9.59 Å². The maximum absolute atomic E-state index is 12.4. The molecule has 0 aromatic heterocycles. The van der Waals surface area contributed by atoms with Crippen molar-refractivity contribution in [3.63, 3.8) is 0 Å². The number of ether oxygens (including phenoxy) is 1. The molecule has 1 atom stereocenters. The Morgan fingerprint density at radius 1 is 1.04 bits per heavy atom. The van der Waals surface area contributed by atoms with Crippen molar-refractivity contribution in [2.24, 2.45) is 0 Å². The fraction of sp³-hybridized carbons (Fsp3) is 0.300. The van der Waals surface area contributed by atoms with E-state index in [2.05, 4.69) is 12.2 Å². The van der Waals surface area contributed by atoms with Gasteiger partial charge in [-0.05, 0) is 61.9 Å². The highest BCUT2D eigenvalue weighted by atomic mass is 35.5. The number of halogens is 1. The van der Waals surface area contributed by atoms with Crippen LogP contribution in [0.25, 0.3) is 0 Å². The molecule has 2 rings (SSSR count). The number of benzene rings is 2. The highest BCUT2D eigenvalue weighted by molar-refractivity contribution is 6.30. The van der Waals surface area contributed by atoms with Gasteiger partial charge in [0.1, 0.15) is 5.75 Å². The minimum atomic E-state index is -0.151. The molecule has 5 heteroatoms. The summed E-state index contributed by atoms with van der Waals surface area (Å²) in [6.07, 6.45) is 1.96. The van der Waals surface area contributed by atoms with Crippen LogP contribution in [0.2, 0.25) is 5.02 Å². The Hall–Kier alpha value is -2.33. The van der Waals surface area contributed by atoms with Crippen LogP contribution in [0.1, 0.15) is 42.6 Å². The van der Waals surface area contributed by atoms with Crippen molar-refractivity contribution < 1.29 is 14.3 Å². The Bertz CT molecular complexity index is 711. The first kappa shape index (κ1) is 19.0. The first-order valence-electron chi connectivity index (χ1n) is 8.32. The Morgan fingerprint density at radius 2 is 1.60 bits per heavy atom. The van der Waals surface area contributed by atoms with E-state index in [-0.39, 0.29) is 24.3 Å². The predicted octanol–water partition coefficient (Wildman–Crippen LogP) is 4.25. The van der Waals surface area contributed by atoms with Gasteiger partial charge in [0.15, 0.2) is 12.4 Å². The minimum Gasteiger partial charge on any atom is -0.484 e. The Kier molecular flexibility index (Phi) is 7.02. The molecule has 2 aromatic carbocycles. The number of carbonyl (C=O) groups excluding carboxylic acids is 2. The number of nitrogens with one attached hydrogen (secondary N) is 1. The summed E-state index contributed by atoms with van der Waals surface area (Å²) in [5.74, 6) is 0.308. The lowest BCUT2D eigenvalue weighted by molar-refractivity contribution is -0.123. The summed E-state index contributed by atoms with van der Waals surface area (Å²) >= 11 is 5.83. The third-order valence-corrected chi connectivity index (χ3v) is 3.97. The van der Waals surface area contributed by atoms with E-state index >= 15 is 0 Å². The van der Waals surface area contributed by atoms with Crippen molar-refractivity contribution in [3.05, 3.63) is 64.7 Å². The van der Waals surface area contributed by atoms with Crippen molar-refractivity contribution in [1.29, 1.82) is 0 Å². The molecule has 0 radical (unpaired) electrons. The van der Waals surface area contributed by atoms with Gasteiger partial charge in [0, 0.05) is 22.2 Å². The topological polar surface area (TPSA) is 55.4 Å². The third-order valence-electron chi connectivity index (χ3n) is 3.72. The molecular weight excluding hydrogens is 338 g/mol. The SMILES string of the molecule is CCCC(C)NC(=O)COc1ccc(C(=O)c2ccc(Cl)cc2)cc1. The van der Waals surface area contributed by atoms with E-state index in [1.807, 2.05) is 6.92 Å². The van der Waals surface area contributed by atoms with E-state index in [1.165, 1.54) is 0 Å². The van der Waals surface area contributed by atoms with Crippen molar-refractivity contribution in [2.75, 3.05) is 6.61 Å². The van der Waals surface area contributed by atoms with E-state index in [4.69, 9.17) is 16.3 Å². The number of amides is 1. The molecule has 25 heavy (non-hydrogen) atoms. The molecule has 0 fully saturated rings. The summed E-state index contributed by atoms with van der Waals surface area (Å²) in [5, 5.41) is 3.47. The molecule has 1 N–H and O–H groups in total. The summed E-state index contributed by atoms with van der Waals surface area (Å²) in [7, 11) is 0. The van der Waals surface area contributed by atoms with Crippen molar-refractivity contribution in [3.8, 4) is 5.75 Å². The van der Waals surface area contributed by atoms with E-state index in [0.29, 0.717) is 21.9 Å². The van der Waals surface area contributed by atoms with Crippen LogP contribution in [0.15, 0.2) is 48.5 Å². The van der Waals surface area contributed by atoms with Crippen molar-refractivity contribution in [1.82, 2.24) is 5.32 Å². The zero-order valence-electron chi connectivity index (χ0n) is 14.4. The molecule has 0 saturated carbocycles. The zero-order chi connectivity index (χ0) is 18.2. The largest absolute Gasteiger partial charge is 0.484 e. The van der Waals surface area contributed by atoms with Crippen LogP contribution in [-0.2, 0) is 4.79 Å². The van der Waals surface area contributed by atoms with E-state index < -0.39 is 0 Å². The van der Waals surface area contributed by atoms with Gasteiger partial charge in [-0.25, -0.2) is 0 Å². The summed E-state index contributed by atoms with van der Waals surface area (Å²) in [4.78, 5) is 24.2. The number of ketones is 1. The zero-order valence-corrected chi connectivity index (χ0v) is 15.2. The van der Waals surface area contributed by atoms with E-state index in [0.717, 1.165) is 12.8 Å². The number of hydrogen-bond donors (Lipinski definition) is 1. The average molecular weight is 360 g/mol. The average Bonchev–Trinajstić information content (AvgIpc) is 2.60. The van der Waals surface area contributed by atoms with Gasteiger partial charge in [-0.15, -0.1) is 0 Å². The first-order chi connectivity index (χ1) is 12.0. The van der Waals surface area contributed by atoms with Crippen LogP contribution < -0.4 is 10.1 Å². The standard InChI is InChI=1S/C20H22ClNO3/c1-3-4-14(2)22-19(23)13-25-18-11-7-16(8-12-18)20(24)15-5-9-17(21)10-6-15/h5-12,14H,3-4,13H2,1-2H3,(H,22,23). The molecule has 0 heterocycles. The van der Waals surface area contributed by atoms with Gasteiger partial charge in [-0.1, -0.05) is 24.9 Å². The molecule has 0 bridgehead atoms. The highest BCUT2D eigenvalue weighted by Crippen LogP contribution is 2.17. The van der Waals surface area contributed by atoms with Crippen LogP contribution in [-0.4, -0.2) is 24.3 Å². The molecule has 0 aliphatic heterocycles. The second-order valence-electron chi connectivity index (χ2n) is 5.91. The number of rotatable bonds is 8. The third kappa shape index (κ3) is 5.91. The summed E-state index contributed by atoms with van der Waals surface area (Å²) in [6.45, 7) is 4.00. The van der Waals surface area contributed by atoms with Crippen LogP contribution >= 0.6 is 11.6 Å². The van der Waals surface area contributed by atoms with Gasteiger partial charge in [0.2, 0.25) is 0 Å². The second-order valence-corrected chi connectivity index (χ2v) is 6.34. The number of hydrogen-bond acceptors (Lipinski definition) is 3. The minimum absolute atomic E-state index is 0.0431. The van der Waals surface area contributed by atoms with Crippen molar-refractivity contribution in [2.45, 2.75) is 32.7 Å². The monoisotopic (exact) mass is 359 g/mol. The Balaban J connectivity index is 1.90. The van der Waals surface area contributed by atoms with Gasteiger partial charge in [-0.3, -0.25) is 9.59 Å². The fourth-order valence-corrected chi connectivity index (χ4v) is 2.57. The molecule has 1 unspecified atom stereocenters. The molecule has 2 aromatic rings. The lowest BCUT2D eigenvalue weighted by atomic mass is 10.0. The van der Waals surface area contributed by atoms with Gasteiger partial charge in [-0.2, -0.15) is 0 Å². The fourth-order valence-electron chi connectivity index (χ4n) is 2.44. The molecule has 0 aliphatic carbocycles. The predicted molar refractivity (Wildman–Crippen MR) is 99.3 cm³/mol. The molecular formula is C20H22ClNO3. The second kappa shape index (κ2) is 9.23. The van der Waals surface area contributed by atoms with Crippen molar-refractivity contribution >= 4 is 23.3 Å². The van der Waals surface area contributed by atoms with Gasteiger partial charge in [0.25, 0.3) is 5.91 Å². The lowest BCUT2D eigenvalue weighted by Crippen LogP contribution is -2.35. The molecule has 4 nitrogen and oxygen atoms in total. The summed E-state index contributed by atoms with van der Waals surface area (Å²) in [6, 6.07) is 13.6. The Labute approximate surface area is 153 Å². The van der Waals surface area contributed by atoms with Crippen LogP contribution in [0.5, 0.6) is 5.75 Å². The molecule has 132 valence electrons. The van der Waals surface area contributed by atoms with Crippen LogP contribution in [0.3, 0.4) is 0 Å². The maximum atomic E-state index is 12.4. The van der Waals surface area contributed by atoms with Gasteiger partial charge < -0.3 is 10.1 Å². The molecule has 0 aliphatic rings. The van der Waals surface area contributed by atoms with Crippen LogP contribution in [0, 0.1) is 0 Å². The quantitative estimate of drug-likeness (QED) is 0.717. The summed E-state index contributed by atoms with van der Waals surface area (Å²) < 4.78 is 5.46. The molecule has 0 saturated heterocycles. The number of carbonyl (C=O) groups is 2. The van der Waals surface area contributed by atoms with E-state index in [1.54, 1.807) is 48.5 Å². The smallest absolute Gasteiger partial charge is 0.258 e. The maximum Gasteiger partial charge on any atom is 0.258 e. The van der Waals surface area contributed by atoms with Gasteiger partial charge >= 0.3 is 0 Å². The Morgan fingerprint density at radius 3 is 2.16 bits per heavy atom. The van der Waals surface area contributed by atoms with Gasteiger partial charge in [0.05, 0.1) is 0 Å². The highest BCUT2D eigenvalue weighted by Gasteiger charge is 2.10. The molecule has 0 spiro atoms. The summed E-state index contributed by atoms with van der Waals surface area (Å²) in [5.41, 5.74) is 1.12. The van der Waals surface area contributed by atoms with Crippen LogP contribution in [0.4, 0.5) is 0 Å². The molecule has 1 amide bonds. The first-order valence-corrected chi connectivity index (χ1v) is 8.70. The normalized spacial score (nSPS) is 11.6. The lowest BCUT2D eigenvalue weighted by Gasteiger charge is -2.13.